The molecular weight excluding hydrogens is 248 g/mol. The van der Waals surface area contributed by atoms with Crippen LogP contribution in [0.1, 0.15) is 18.1 Å². The highest BCUT2D eigenvalue weighted by molar-refractivity contribution is 8.20. The average molecular weight is 264 g/mol. The zero-order chi connectivity index (χ0) is 11.7. The number of hydrogen-bond donors (Lipinski definition) is 0. The van der Waals surface area contributed by atoms with Crippen LogP contribution in [0.25, 0.3) is 6.08 Å². The van der Waals surface area contributed by atoms with Crippen LogP contribution in [-0.2, 0) is 8.82 Å². The second-order valence-electron chi connectivity index (χ2n) is 4.19. The summed E-state index contributed by atoms with van der Waals surface area (Å²) in [5.74, 6) is 2.44. The van der Waals surface area contributed by atoms with E-state index in [0.717, 1.165) is 6.61 Å². The SMILES string of the molecule is CCOC1C=Cc2ccccc2C12SCCS2. The quantitative estimate of drug-likeness (QED) is 0.805. The van der Waals surface area contributed by atoms with Crippen molar-refractivity contribution in [2.45, 2.75) is 17.1 Å². The summed E-state index contributed by atoms with van der Waals surface area (Å²) < 4.78 is 6.05. The van der Waals surface area contributed by atoms with Gasteiger partial charge in [-0.1, -0.05) is 36.4 Å². The van der Waals surface area contributed by atoms with E-state index in [1.165, 1.54) is 22.6 Å². The summed E-state index contributed by atoms with van der Waals surface area (Å²) in [6, 6.07) is 8.72. The van der Waals surface area contributed by atoms with E-state index in [1.54, 1.807) is 0 Å². The minimum Gasteiger partial charge on any atom is -0.372 e. The Morgan fingerprint density at radius 1 is 1.29 bits per heavy atom. The number of thioether (sulfide) groups is 2. The third kappa shape index (κ3) is 1.85. The molecule has 0 N–H and O–H groups in total. The standard InChI is InChI=1S/C14H16OS2/c1-2-15-13-8-7-11-5-3-4-6-12(11)14(13)16-9-10-17-14/h3-8,13H,2,9-10H2,1H3. The molecule has 0 aromatic heterocycles. The highest BCUT2D eigenvalue weighted by Crippen LogP contribution is 2.57. The third-order valence-corrected chi connectivity index (χ3v) is 6.77. The molecule has 3 rings (SSSR count). The zero-order valence-corrected chi connectivity index (χ0v) is 11.5. The lowest BCUT2D eigenvalue weighted by molar-refractivity contribution is 0.0874. The molecule has 17 heavy (non-hydrogen) atoms. The van der Waals surface area contributed by atoms with Gasteiger partial charge < -0.3 is 4.74 Å². The van der Waals surface area contributed by atoms with Crippen molar-refractivity contribution in [1.29, 1.82) is 0 Å². The second-order valence-corrected chi connectivity index (χ2v) is 7.13. The lowest BCUT2D eigenvalue weighted by Gasteiger charge is -2.38. The molecule has 1 atom stereocenters. The van der Waals surface area contributed by atoms with Crippen molar-refractivity contribution in [3.8, 4) is 0 Å². The summed E-state index contributed by atoms with van der Waals surface area (Å²) in [5.41, 5.74) is 2.79. The molecule has 0 amide bonds. The molecule has 0 bridgehead atoms. The summed E-state index contributed by atoms with van der Waals surface area (Å²) in [6.07, 6.45) is 4.65. The average Bonchev–Trinajstić information content (AvgIpc) is 2.84. The monoisotopic (exact) mass is 264 g/mol. The van der Waals surface area contributed by atoms with Crippen LogP contribution in [-0.4, -0.2) is 24.2 Å². The van der Waals surface area contributed by atoms with Gasteiger partial charge in [-0.25, -0.2) is 0 Å². The molecule has 1 aliphatic carbocycles. The molecule has 1 nitrogen and oxygen atoms in total. The number of hydrogen-bond acceptors (Lipinski definition) is 3. The van der Waals surface area contributed by atoms with Crippen LogP contribution in [0.5, 0.6) is 0 Å². The summed E-state index contributed by atoms with van der Waals surface area (Å²) in [6.45, 7) is 2.85. The first kappa shape index (κ1) is 11.7. The van der Waals surface area contributed by atoms with Gasteiger partial charge in [0.1, 0.15) is 10.2 Å². The van der Waals surface area contributed by atoms with E-state index in [1.807, 2.05) is 23.5 Å². The van der Waals surface area contributed by atoms with Gasteiger partial charge in [-0.2, -0.15) is 0 Å². The number of rotatable bonds is 2. The Balaban J connectivity index is 2.08. The molecule has 1 saturated heterocycles. The van der Waals surface area contributed by atoms with E-state index < -0.39 is 0 Å². The lowest BCUT2D eigenvalue weighted by Crippen LogP contribution is -2.35. The summed E-state index contributed by atoms with van der Waals surface area (Å²) in [5, 5.41) is 0. The highest BCUT2D eigenvalue weighted by atomic mass is 32.2. The smallest absolute Gasteiger partial charge is 0.116 e. The Morgan fingerprint density at radius 2 is 2.06 bits per heavy atom. The van der Waals surface area contributed by atoms with Crippen LogP contribution in [0.2, 0.25) is 0 Å². The summed E-state index contributed by atoms with van der Waals surface area (Å²) in [7, 11) is 0. The molecular formula is C14H16OS2. The molecule has 3 heteroatoms. The highest BCUT2D eigenvalue weighted by Gasteiger charge is 2.46. The van der Waals surface area contributed by atoms with E-state index >= 15 is 0 Å². The minimum atomic E-state index is 0.0986. The lowest BCUT2D eigenvalue weighted by atomic mass is 9.94. The van der Waals surface area contributed by atoms with E-state index in [2.05, 4.69) is 43.3 Å². The van der Waals surface area contributed by atoms with Crippen molar-refractivity contribution in [3.05, 3.63) is 41.5 Å². The van der Waals surface area contributed by atoms with Crippen molar-refractivity contribution in [2.24, 2.45) is 0 Å². The Labute approximate surface area is 111 Å². The first-order valence-electron chi connectivity index (χ1n) is 6.04. The third-order valence-electron chi connectivity index (χ3n) is 3.22. The molecule has 1 aromatic rings. The maximum atomic E-state index is 5.95. The Bertz CT molecular complexity index is 436. The van der Waals surface area contributed by atoms with E-state index in [0.29, 0.717) is 0 Å². The van der Waals surface area contributed by atoms with Crippen LogP contribution in [0.3, 0.4) is 0 Å². The van der Waals surface area contributed by atoms with Gasteiger partial charge in [-0.3, -0.25) is 0 Å². The number of benzene rings is 1. The minimum absolute atomic E-state index is 0.0986. The van der Waals surface area contributed by atoms with Crippen molar-refractivity contribution in [3.63, 3.8) is 0 Å². The fourth-order valence-corrected chi connectivity index (χ4v) is 5.93. The van der Waals surface area contributed by atoms with Gasteiger partial charge in [0.2, 0.25) is 0 Å². The summed E-state index contributed by atoms with van der Waals surface area (Å²) in [4.78, 5) is 0. The predicted octanol–water partition coefficient (Wildman–Crippen LogP) is 3.75. The van der Waals surface area contributed by atoms with E-state index in [-0.39, 0.29) is 10.2 Å². The zero-order valence-electron chi connectivity index (χ0n) is 9.89. The van der Waals surface area contributed by atoms with Crippen LogP contribution in [0, 0.1) is 0 Å². The molecule has 0 saturated carbocycles. The molecule has 1 fully saturated rings. The van der Waals surface area contributed by atoms with Gasteiger partial charge in [-0.05, 0) is 18.1 Å². The largest absolute Gasteiger partial charge is 0.372 e. The molecule has 1 aromatic carbocycles. The van der Waals surface area contributed by atoms with Gasteiger partial charge in [0, 0.05) is 18.1 Å². The molecule has 1 heterocycles. The van der Waals surface area contributed by atoms with Crippen LogP contribution < -0.4 is 0 Å². The molecule has 0 radical (unpaired) electrons. The second kappa shape index (κ2) is 4.71. The van der Waals surface area contributed by atoms with Gasteiger partial charge in [0.15, 0.2) is 0 Å². The van der Waals surface area contributed by atoms with Crippen molar-refractivity contribution in [1.82, 2.24) is 0 Å². The fraction of sp³-hybridized carbons (Fsp3) is 0.429. The Hall–Kier alpha value is -0.380. The molecule has 1 spiro atoms. The van der Waals surface area contributed by atoms with Gasteiger partial charge in [-0.15, -0.1) is 23.5 Å². The first-order valence-corrected chi connectivity index (χ1v) is 8.01. The van der Waals surface area contributed by atoms with Gasteiger partial charge in [0.25, 0.3) is 0 Å². The van der Waals surface area contributed by atoms with Gasteiger partial charge in [0.05, 0.1) is 0 Å². The molecule has 90 valence electrons. The Morgan fingerprint density at radius 3 is 2.82 bits per heavy atom. The van der Waals surface area contributed by atoms with Crippen molar-refractivity contribution in [2.75, 3.05) is 18.1 Å². The Kier molecular flexibility index (Phi) is 3.24. The topological polar surface area (TPSA) is 9.23 Å². The van der Waals surface area contributed by atoms with E-state index in [4.69, 9.17) is 4.74 Å². The van der Waals surface area contributed by atoms with Crippen LogP contribution >= 0.6 is 23.5 Å². The maximum Gasteiger partial charge on any atom is 0.116 e. The summed E-state index contributed by atoms with van der Waals surface area (Å²) >= 11 is 4.09. The maximum absolute atomic E-state index is 5.95. The number of ether oxygens (including phenoxy) is 1. The molecule has 1 unspecified atom stereocenters. The molecule has 1 aliphatic heterocycles. The van der Waals surface area contributed by atoms with Crippen molar-refractivity contribution < 1.29 is 4.74 Å². The predicted molar refractivity (Wildman–Crippen MR) is 77.5 cm³/mol. The van der Waals surface area contributed by atoms with Gasteiger partial charge >= 0.3 is 0 Å². The van der Waals surface area contributed by atoms with Crippen LogP contribution in [0.15, 0.2) is 30.3 Å². The first-order chi connectivity index (χ1) is 8.37. The fourth-order valence-electron chi connectivity index (χ4n) is 2.52. The van der Waals surface area contributed by atoms with Crippen LogP contribution in [0.4, 0.5) is 0 Å². The normalized spacial score (nSPS) is 25.1. The van der Waals surface area contributed by atoms with Crippen molar-refractivity contribution >= 4 is 29.6 Å². The molecule has 2 aliphatic rings. The van der Waals surface area contributed by atoms with E-state index in [9.17, 15) is 0 Å². The number of fused-ring (bicyclic) bond motifs is 2.